The number of rotatable bonds is 5. The molecule has 3 aromatic rings. The van der Waals surface area contributed by atoms with E-state index in [1.807, 2.05) is 0 Å². The summed E-state index contributed by atoms with van der Waals surface area (Å²) in [5.41, 5.74) is 1.60. The van der Waals surface area contributed by atoms with Crippen molar-refractivity contribution in [1.29, 1.82) is 0 Å². The Kier molecular flexibility index (Phi) is 5.72. The fourth-order valence-electron chi connectivity index (χ4n) is 3.33. The zero-order valence-electron chi connectivity index (χ0n) is 16.6. The first-order valence-corrected chi connectivity index (χ1v) is 9.66. The normalized spacial score (nSPS) is 12.3. The first-order valence-electron chi connectivity index (χ1n) is 9.66. The zero-order chi connectivity index (χ0) is 22.7. The molecule has 7 heteroatoms. The van der Waals surface area contributed by atoms with Crippen LogP contribution in [0.25, 0.3) is 6.08 Å². The van der Waals surface area contributed by atoms with Gasteiger partial charge in [-0.3, -0.25) is 14.4 Å². The molecule has 0 atom stereocenters. The predicted octanol–water partition coefficient (Wildman–Crippen LogP) is 3.80. The largest absolute Gasteiger partial charge is 0.452 e. The summed E-state index contributed by atoms with van der Waals surface area (Å²) in [7, 11) is 0. The van der Waals surface area contributed by atoms with Gasteiger partial charge in [-0.05, 0) is 30.3 Å². The Bertz CT molecular complexity index is 1290. The number of hydrogen-bond donors (Lipinski definition) is 1. The lowest BCUT2D eigenvalue weighted by molar-refractivity contribution is -0.142. The number of halogens is 1. The molecule has 0 aromatic heterocycles. The second kappa shape index (κ2) is 8.77. The number of fused-ring (bicyclic) bond motifs is 2. The average Bonchev–Trinajstić information content (AvgIpc) is 2.80. The van der Waals surface area contributed by atoms with Crippen molar-refractivity contribution in [3.05, 3.63) is 106 Å². The fourth-order valence-corrected chi connectivity index (χ4v) is 3.33. The van der Waals surface area contributed by atoms with Crippen LogP contribution in [0.5, 0.6) is 0 Å². The maximum atomic E-state index is 13.5. The fraction of sp³-hybridized carbons (Fsp3) is 0.0400. The van der Waals surface area contributed by atoms with Gasteiger partial charge in [0.25, 0.3) is 5.91 Å². The minimum atomic E-state index is -0.814. The molecule has 32 heavy (non-hydrogen) atoms. The molecule has 0 saturated heterocycles. The van der Waals surface area contributed by atoms with E-state index in [0.717, 1.165) is 6.08 Å². The number of hydrogen-bond acceptors (Lipinski definition) is 5. The van der Waals surface area contributed by atoms with Crippen molar-refractivity contribution in [3.63, 3.8) is 0 Å². The molecule has 1 N–H and O–H groups in total. The minimum Gasteiger partial charge on any atom is -0.452 e. The van der Waals surface area contributed by atoms with Gasteiger partial charge in [0.15, 0.2) is 18.2 Å². The maximum Gasteiger partial charge on any atom is 0.331 e. The van der Waals surface area contributed by atoms with E-state index in [1.165, 1.54) is 42.5 Å². The van der Waals surface area contributed by atoms with Crippen LogP contribution in [-0.4, -0.2) is 30.0 Å². The molecule has 1 amide bonds. The molecule has 158 valence electrons. The van der Waals surface area contributed by atoms with Crippen molar-refractivity contribution in [2.24, 2.45) is 0 Å². The number of carbonyl (C=O) groups is 4. The Labute approximate surface area is 182 Å². The molecule has 0 bridgehead atoms. The maximum absolute atomic E-state index is 13.5. The molecule has 4 rings (SSSR count). The van der Waals surface area contributed by atoms with Crippen molar-refractivity contribution in [2.45, 2.75) is 0 Å². The molecule has 6 nitrogen and oxygen atoms in total. The number of anilines is 1. The van der Waals surface area contributed by atoms with Crippen LogP contribution in [0.3, 0.4) is 0 Å². The molecule has 3 aromatic carbocycles. The molecule has 0 unspecified atom stereocenters. The van der Waals surface area contributed by atoms with Gasteiger partial charge in [-0.1, -0.05) is 42.5 Å². The molecule has 0 saturated carbocycles. The van der Waals surface area contributed by atoms with Crippen molar-refractivity contribution in [3.8, 4) is 0 Å². The van der Waals surface area contributed by atoms with Gasteiger partial charge in [-0.15, -0.1) is 0 Å². The highest BCUT2D eigenvalue weighted by atomic mass is 19.1. The lowest BCUT2D eigenvalue weighted by atomic mass is 9.84. The van der Waals surface area contributed by atoms with Crippen molar-refractivity contribution < 1.29 is 28.3 Å². The van der Waals surface area contributed by atoms with Gasteiger partial charge in [0.05, 0.1) is 0 Å². The topological polar surface area (TPSA) is 89.5 Å². The van der Waals surface area contributed by atoms with Gasteiger partial charge in [-0.2, -0.15) is 0 Å². The molecule has 0 spiro atoms. The summed E-state index contributed by atoms with van der Waals surface area (Å²) in [5.74, 6) is -2.50. The van der Waals surface area contributed by atoms with E-state index < -0.39 is 24.3 Å². The summed E-state index contributed by atoms with van der Waals surface area (Å²) < 4.78 is 18.4. The van der Waals surface area contributed by atoms with E-state index in [0.29, 0.717) is 11.1 Å². The predicted molar refractivity (Wildman–Crippen MR) is 115 cm³/mol. The quantitative estimate of drug-likeness (QED) is 0.385. The molecule has 0 fully saturated rings. The molecular formula is C25H16FNO5. The Balaban J connectivity index is 1.39. The van der Waals surface area contributed by atoms with Crippen LogP contribution in [0.4, 0.5) is 10.1 Å². The molecule has 0 heterocycles. The summed E-state index contributed by atoms with van der Waals surface area (Å²) in [5, 5.41) is 2.53. The van der Waals surface area contributed by atoms with E-state index in [4.69, 9.17) is 4.74 Å². The second-order valence-electron chi connectivity index (χ2n) is 6.97. The van der Waals surface area contributed by atoms with E-state index in [1.54, 1.807) is 30.3 Å². The monoisotopic (exact) mass is 429 g/mol. The van der Waals surface area contributed by atoms with Gasteiger partial charge in [0.1, 0.15) is 5.82 Å². The third kappa shape index (κ3) is 4.22. The van der Waals surface area contributed by atoms with Crippen LogP contribution in [0.15, 0.2) is 72.8 Å². The third-order valence-electron chi connectivity index (χ3n) is 4.86. The summed E-state index contributed by atoms with van der Waals surface area (Å²) in [4.78, 5) is 49.3. The van der Waals surface area contributed by atoms with E-state index >= 15 is 0 Å². The number of ether oxygens (including phenoxy) is 1. The number of ketones is 2. The van der Waals surface area contributed by atoms with E-state index in [-0.39, 0.29) is 33.9 Å². The molecule has 1 aliphatic carbocycles. The number of amides is 1. The van der Waals surface area contributed by atoms with Crippen molar-refractivity contribution in [1.82, 2.24) is 0 Å². The Morgan fingerprint density at radius 2 is 1.47 bits per heavy atom. The van der Waals surface area contributed by atoms with Crippen LogP contribution in [0.2, 0.25) is 0 Å². The standard InChI is InChI=1S/C25H16FNO5/c26-21-8-4-1-5-15(21)9-12-23(29)32-14-22(28)27-16-10-11-19-20(13-16)25(31)18-7-3-2-6-17(18)24(19)30/h1-13H,14H2,(H,27,28)/b12-9+. The number of nitrogens with one attached hydrogen (secondary N) is 1. The van der Waals surface area contributed by atoms with Gasteiger partial charge >= 0.3 is 5.97 Å². The smallest absolute Gasteiger partial charge is 0.331 e. The lowest BCUT2D eigenvalue weighted by Crippen LogP contribution is -2.23. The summed E-state index contributed by atoms with van der Waals surface area (Å²) in [6, 6.07) is 16.8. The van der Waals surface area contributed by atoms with Crippen LogP contribution >= 0.6 is 0 Å². The SMILES string of the molecule is O=C(COC(=O)/C=C/c1ccccc1F)Nc1ccc2c(c1)C(=O)c1ccccc1C2=O. The Morgan fingerprint density at radius 1 is 0.844 bits per heavy atom. The highest BCUT2D eigenvalue weighted by Crippen LogP contribution is 2.29. The Hall–Kier alpha value is -4.39. The van der Waals surface area contributed by atoms with Crippen molar-refractivity contribution in [2.75, 3.05) is 11.9 Å². The number of carbonyl (C=O) groups excluding carboxylic acids is 4. The van der Waals surface area contributed by atoms with Crippen LogP contribution in [0, 0.1) is 5.82 Å². The van der Waals surface area contributed by atoms with Gasteiger partial charge in [0, 0.05) is 39.6 Å². The number of esters is 1. The summed E-state index contributed by atoms with van der Waals surface area (Å²) in [6.45, 7) is -0.576. The van der Waals surface area contributed by atoms with Gasteiger partial charge < -0.3 is 10.1 Å². The molecule has 1 aliphatic rings. The molecule has 0 aliphatic heterocycles. The number of benzene rings is 3. The van der Waals surface area contributed by atoms with Crippen molar-refractivity contribution >= 4 is 35.2 Å². The molecular weight excluding hydrogens is 413 g/mol. The van der Waals surface area contributed by atoms with Gasteiger partial charge in [0.2, 0.25) is 0 Å². The zero-order valence-corrected chi connectivity index (χ0v) is 16.6. The molecule has 0 radical (unpaired) electrons. The van der Waals surface area contributed by atoms with E-state index in [9.17, 15) is 23.6 Å². The average molecular weight is 429 g/mol. The lowest BCUT2D eigenvalue weighted by Gasteiger charge is -2.18. The Morgan fingerprint density at radius 3 is 2.19 bits per heavy atom. The van der Waals surface area contributed by atoms with Gasteiger partial charge in [-0.25, -0.2) is 9.18 Å². The van der Waals surface area contributed by atoms with E-state index in [2.05, 4.69) is 5.32 Å². The highest BCUT2D eigenvalue weighted by molar-refractivity contribution is 6.28. The first kappa shape index (κ1) is 20.9. The highest BCUT2D eigenvalue weighted by Gasteiger charge is 2.29. The third-order valence-corrected chi connectivity index (χ3v) is 4.86. The second-order valence-corrected chi connectivity index (χ2v) is 6.97. The van der Waals surface area contributed by atoms with Crippen LogP contribution < -0.4 is 5.32 Å². The summed E-state index contributed by atoms with van der Waals surface area (Å²) in [6.07, 6.45) is 2.27. The minimum absolute atomic E-state index is 0.191. The first-order chi connectivity index (χ1) is 15.4. The van der Waals surface area contributed by atoms with Crippen LogP contribution in [0.1, 0.15) is 37.4 Å². The summed E-state index contributed by atoms with van der Waals surface area (Å²) >= 11 is 0. The van der Waals surface area contributed by atoms with Crippen LogP contribution in [-0.2, 0) is 14.3 Å².